The Morgan fingerprint density at radius 3 is 2.41 bits per heavy atom. The third kappa shape index (κ3) is 4.26. The second-order valence-corrected chi connectivity index (χ2v) is 3.82. The monoisotopic (exact) mass is 247 g/mol. The maximum absolute atomic E-state index is 12.4. The molecule has 0 heterocycles. The second-order valence-electron chi connectivity index (χ2n) is 3.82. The molecule has 96 valence electrons. The van der Waals surface area contributed by atoms with Crippen LogP contribution < -0.4 is 4.90 Å². The van der Waals surface area contributed by atoms with Crippen LogP contribution in [0.15, 0.2) is 24.3 Å². The lowest BCUT2D eigenvalue weighted by Gasteiger charge is -2.27. The summed E-state index contributed by atoms with van der Waals surface area (Å²) in [4.78, 5) is 1.26. The lowest BCUT2D eigenvalue weighted by atomic mass is 10.1. The van der Waals surface area contributed by atoms with Crippen LogP contribution in [0.4, 0.5) is 18.9 Å². The predicted molar refractivity (Wildman–Crippen MR) is 60.9 cm³/mol. The molecule has 0 saturated heterocycles. The summed E-state index contributed by atoms with van der Waals surface area (Å²) >= 11 is 0. The van der Waals surface area contributed by atoms with Gasteiger partial charge in [-0.05, 0) is 12.5 Å². The first kappa shape index (κ1) is 13.8. The SMILES string of the molecule is CCCN(CC(F)(F)F)c1ccccc1CO. The highest BCUT2D eigenvalue weighted by Crippen LogP contribution is 2.25. The zero-order valence-corrected chi connectivity index (χ0v) is 9.67. The Morgan fingerprint density at radius 1 is 1.24 bits per heavy atom. The van der Waals surface area contributed by atoms with Gasteiger partial charge in [0.25, 0.3) is 0 Å². The molecule has 0 bridgehead atoms. The van der Waals surface area contributed by atoms with Crippen molar-refractivity contribution >= 4 is 5.69 Å². The van der Waals surface area contributed by atoms with Crippen LogP contribution in [0, 0.1) is 0 Å². The molecule has 1 aromatic rings. The summed E-state index contributed by atoms with van der Waals surface area (Å²) in [7, 11) is 0. The van der Waals surface area contributed by atoms with E-state index in [4.69, 9.17) is 5.11 Å². The molecule has 0 amide bonds. The third-order valence-corrected chi connectivity index (χ3v) is 2.37. The number of alkyl halides is 3. The molecule has 0 unspecified atom stereocenters. The number of hydrogen-bond donors (Lipinski definition) is 1. The molecule has 0 aromatic heterocycles. The van der Waals surface area contributed by atoms with E-state index in [-0.39, 0.29) is 6.61 Å². The Bertz CT molecular complexity index is 352. The van der Waals surface area contributed by atoms with Crippen molar-refractivity contribution < 1.29 is 18.3 Å². The molecule has 0 fully saturated rings. The molecule has 0 aliphatic carbocycles. The fourth-order valence-electron chi connectivity index (χ4n) is 1.72. The molecule has 1 aromatic carbocycles. The summed E-state index contributed by atoms with van der Waals surface area (Å²) in [5.41, 5.74) is 0.972. The molecule has 0 aliphatic heterocycles. The molecule has 0 saturated carbocycles. The Morgan fingerprint density at radius 2 is 1.88 bits per heavy atom. The van der Waals surface area contributed by atoms with E-state index < -0.39 is 12.7 Å². The number of rotatable bonds is 5. The molecule has 1 N–H and O–H groups in total. The normalized spacial score (nSPS) is 11.6. The maximum atomic E-state index is 12.4. The van der Waals surface area contributed by atoms with E-state index in [0.29, 0.717) is 24.2 Å². The van der Waals surface area contributed by atoms with Gasteiger partial charge >= 0.3 is 6.18 Å². The Balaban J connectivity index is 2.96. The highest BCUT2D eigenvalue weighted by molar-refractivity contribution is 5.53. The number of nitrogens with zero attached hydrogens (tertiary/aromatic N) is 1. The first-order valence-electron chi connectivity index (χ1n) is 5.48. The van der Waals surface area contributed by atoms with Gasteiger partial charge in [-0.25, -0.2) is 0 Å². The number of hydrogen-bond acceptors (Lipinski definition) is 2. The molecular weight excluding hydrogens is 231 g/mol. The van der Waals surface area contributed by atoms with E-state index in [1.807, 2.05) is 6.92 Å². The minimum Gasteiger partial charge on any atom is -0.392 e. The fraction of sp³-hybridized carbons (Fsp3) is 0.500. The molecule has 2 nitrogen and oxygen atoms in total. The van der Waals surface area contributed by atoms with Gasteiger partial charge < -0.3 is 10.0 Å². The number of anilines is 1. The Kier molecular flexibility index (Phi) is 4.81. The lowest BCUT2D eigenvalue weighted by Crippen LogP contribution is -2.35. The first-order valence-corrected chi connectivity index (χ1v) is 5.48. The Labute approximate surface area is 98.7 Å². The van der Waals surface area contributed by atoms with Gasteiger partial charge in [0.1, 0.15) is 6.54 Å². The third-order valence-electron chi connectivity index (χ3n) is 2.37. The number of benzene rings is 1. The molecule has 5 heteroatoms. The van der Waals surface area contributed by atoms with Gasteiger partial charge in [-0.15, -0.1) is 0 Å². The minimum absolute atomic E-state index is 0.256. The van der Waals surface area contributed by atoms with Gasteiger partial charge in [-0.3, -0.25) is 0 Å². The van der Waals surface area contributed by atoms with Crippen molar-refractivity contribution in [1.29, 1.82) is 0 Å². The highest BCUT2D eigenvalue weighted by Gasteiger charge is 2.31. The molecule has 1 rings (SSSR count). The first-order chi connectivity index (χ1) is 7.98. The summed E-state index contributed by atoms with van der Waals surface area (Å²) in [5.74, 6) is 0. The summed E-state index contributed by atoms with van der Waals surface area (Å²) in [5, 5.41) is 9.13. The van der Waals surface area contributed by atoms with Gasteiger partial charge in [0.15, 0.2) is 0 Å². The molecule has 0 spiro atoms. The fourth-order valence-corrected chi connectivity index (χ4v) is 1.72. The van der Waals surface area contributed by atoms with Crippen LogP contribution in [-0.4, -0.2) is 24.4 Å². The number of aliphatic hydroxyl groups excluding tert-OH is 1. The molecule has 0 aliphatic rings. The zero-order chi connectivity index (χ0) is 12.9. The molecule has 17 heavy (non-hydrogen) atoms. The van der Waals surface area contributed by atoms with Crippen molar-refractivity contribution in [2.75, 3.05) is 18.0 Å². The quantitative estimate of drug-likeness (QED) is 0.864. The smallest absolute Gasteiger partial charge is 0.392 e. The highest BCUT2D eigenvalue weighted by atomic mass is 19.4. The summed E-state index contributed by atoms with van der Waals surface area (Å²) in [6, 6.07) is 6.61. The topological polar surface area (TPSA) is 23.5 Å². The second kappa shape index (κ2) is 5.91. The van der Waals surface area contributed by atoms with Crippen LogP contribution >= 0.6 is 0 Å². The van der Waals surface area contributed by atoms with Crippen molar-refractivity contribution in [3.8, 4) is 0 Å². The molecule has 0 radical (unpaired) electrons. The van der Waals surface area contributed by atoms with Crippen LogP contribution in [0.1, 0.15) is 18.9 Å². The van der Waals surface area contributed by atoms with Crippen molar-refractivity contribution in [2.24, 2.45) is 0 Å². The average molecular weight is 247 g/mol. The van der Waals surface area contributed by atoms with Gasteiger partial charge in [0, 0.05) is 17.8 Å². The van der Waals surface area contributed by atoms with E-state index >= 15 is 0 Å². The summed E-state index contributed by atoms with van der Waals surface area (Å²) < 4.78 is 37.3. The van der Waals surface area contributed by atoms with Crippen LogP contribution in [0.3, 0.4) is 0 Å². The van der Waals surface area contributed by atoms with Crippen molar-refractivity contribution in [1.82, 2.24) is 0 Å². The van der Waals surface area contributed by atoms with Crippen LogP contribution in [0.5, 0.6) is 0 Å². The summed E-state index contributed by atoms with van der Waals surface area (Å²) in [6.07, 6.45) is -3.62. The largest absolute Gasteiger partial charge is 0.405 e. The maximum Gasteiger partial charge on any atom is 0.405 e. The Hall–Kier alpha value is -1.23. The number of halogens is 3. The van der Waals surface area contributed by atoms with Crippen molar-refractivity contribution in [2.45, 2.75) is 26.1 Å². The molecular formula is C12H16F3NO. The predicted octanol–water partition coefficient (Wildman–Crippen LogP) is 2.96. The number of aliphatic hydroxyl groups is 1. The lowest BCUT2D eigenvalue weighted by molar-refractivity contribution is -0.119. The van der Waals surface area contributed by atoms with Gasteiger partial charge in [0.2, 0.25) is 0 Å². The zero-order valence-electron chi connectivity index (χ0n) is 9.67. The van der Waals surface area contributed by atoms with E-state index in [2.05, 4.69) is 0 Å². The van der Waals surface area contributed by atoms with Gasteiger partial charge in [-0.2, -0.15) is 13.2 Å². The summed E-state index contributed by atoms with van der Waals surface area (Å²) in [6.45, 7) is 0.896. The average Bonchev–Trinajstić information content (AvgIpc) is 2.27. The van der Waals surface area contributed by atoms with E-state index in [9.17, 15) is 13.2 Å². The van der Waals surface area contributed by atoms with Crippen LogP contribution in [-0.2, 0) is 6.61 Å². The molecule has 0 atom stereocenters. The van der Waals surface area contributed by atoms with E-state index in [1.54, 1.807) is 24.3 Å². The van der Waals surface area contributed by atoms with E-state index in [1.165, 1.54) is 4.90 Å². The van der Waals surface area contributed by atoms with E-state index in [0.717, 1.165) is 0 Å². The van der Waals surface area contributed by atoms with Crippen molar-refractivity contribution in [3.63, 3.8) is 0 Å². The van der Waals surface area contributed by atoms with Crippen molar-refractivity contribution in [3.05, 3.63) is 29.8 Å². The van der Waals surface area contributed by atoms with Gasteiger partial charge in [0.05, 0.1) is 6.61 Å². The standard InChI is InChI=1S/C12H16F3NO/c1-2-7-16(9-12(13,14)15)11-6-4-3-5-10(11)8-17/h3-6,17H,2,7-9H2,1H3. The minimum atomic E-state index is -4.24. The van der Waals surface area contributed by atoms with Crippen LogP contribution in [0.2, 0.25) is 0 Å². The number of para-hydroxylation sites is 1. The van der Waals surface area contributed by atoms with Gasteiger partial charge in [-0.1, -0.05) is 25.1 Å². The van der Waals surface area contributed by atoms with Crippen LogP contribution in [0.25, 0.3) is 0 Å².